The standard InChI is InChI=1S/C17H9F3O9/c18-17(19,20)29-7-3-1-6(2-4-7)10-11(15(25)26)8(13(21)22)5-9(14(23)24)12(10)16(27)28/h1-5H,(H,21,22)(H,23,24)(H,25,26)(H,27,28). The molecule has 0 heterocycles. The average Bonchev–Trinajstić information content (AvgIpc) is 2.58. The number of aromatic carboxylic acids is 4. The van der Waals surface area contributed by atoms with Crippen LogP contribution in [0.25, 0.3) is 11.1 Å². The van der Waals surface area contributed by atoms with E-state index in [4.69, 9.17) is 0 Å². The highest BCUT2D eigenvalue weighted by Crippen LogP contribution is 2.35. The van der Waals surface area contributed by atoms with Crippen LogP contribution in [0, 0.1) is 0 Å². The topological polar surface area (TPSA) is 158 Å². The largest absolute Gasteiger partial charge is 0.573 e. The smallest absolute Gasteiger partial charge is 0.478 e. The Balaban J connectivity index is 2.90. The van der Waals surface area contributed by atoms with Crippen molar-refractivity contribution in [2.45, 2.75) is 6.36 Å². The molecule has 4 N–H and O–H groups in total. The molecule has 0 aliphatic heterocycles. The van der Waals surface area contributed by atoms with Crippen LogP contribution in [0.2, 0.25) is 0 Å². The zero-order chi connectivity index (χ0) is 22.1. The molecule has 0 fully saturated rings. The second kappa shape index (κ2) is 7.50. The molecule has 0 aliphatic rings. The van der Waals surface area contributed by atoms with Crippen LogP contribution in [0.1, 0.15) is 41.4 Å². The van der Waals surface area contributed by atoms with Crippen LogP contribution in [0.3, 0.4) is 0 Å². The molecule has 12 heteroatoms. The molecule has 2 rings (SSSR count). The highest BCUT2D eigenvalue weighted by atomic mass is 19.4. The number of hydrogen-bond acceptors (Lipinski definition) is 5. The minimum absolute atomic E-state index is 0.347. The molecule has 0 amide bonds. The van der Waals surface area contributed by atoms with Gasteiger partial charge in [-0.1, -0.05) is 12.1 Å². The van der Waals surface area contributed by atoms with Gasteiger partial charge in [-0.25, -0.2) is 19.2 Å². The lowest BCUT2D eigenvalue weighted by Crippen LogP contribution is -2.19. The summed E-state index contributed by atoms with van der Waals surface area (Å²) in [6, 6.07) is 3.53. The molecule has 0 saturated carbocycles. The van der Waals surface area contributed by atoms with E-state index >= 15 is 0 Å². The third-order valence-corrected chi connectivity index (χ3v) is 3.59. The molecular formula is C17H9F3O9. The molecule has 0 spiro atoms. The van der Waals surface area contributed by atoms with Gasteiger partial charge in [0.1, 0.15) is 5.75 Å². The Hall–Kier alpha value is -4.09. The van der Waals surface area contributed by atoms with Gasteiger partial charge in [-0.3, -0.25) is 0 Å². The minimum atomic E-state index is -5.03. The fourth-order valence-corrected chi connectivity index (χ4v) is 2.58. The Labute approximate surface area is 158 Å². The van der Waals surface area contributed by atoms with Gasteiger partial charge in [0.25, 0.3) is 0 Å². The van der Waals surface area contributed by atoms with Crippen LogP contribution in [0.15, 0.2) is 30.3 Å². The number of rotatable bonds is 6. The third kappa shape index (κ3) is 4.43. The number of carboxylic acids is 4. The van der Waals surface area contributed by atoms with Crippen molar-refractivity contribution in [3.63, 3.8) is 0 Å². The highest BCUT2D eigenvalue weighted by molar-refractivity contribution is 6.15. The molecule has 0 radical (unpaired) electrons. The SMILES string of the molecule is O=C(O)c1cc(C(=O)O)c(C(=O)O)c(-c2ccc(OC(F)(F)F)cc2)c1C(=O)O. The number of benzene rings is 2. The first kappa shape index (κ1) is 21.2. The van der Waals surface area contributed by atoms with Crippen molar-refractivity contribution < 1.29 is 57.5 Å². The first-order chi connectivity index (χ1) is 13.3. The van der Waals surface area contributed by atoms with Crippen LogP contribution in [0.5, 0.6) is 5.75 Å². The van der Waals surface area contributed by atoms with E-state index in [0.29, 0.717) is 6.07 Å². The van der Waals surface area contributed by atoms with Gasteiger partial charge in [0.15, 0.2) is 0 Å². The van der Waals surface area contributed by atoms with E-state index in [-0.39, 0.29) is 5.56 Å². The van der Waals surface area contributed by atoms with E-state index < -0.39 is 63.8 Å². The van der Waals surface area contributed by atoms with Gasteiger partial charge in [0.2, 0.25) is 0 Å². The zero-order valence-electron chi connectivity index (χ0n) is 13.9. The Morgan fingerprint density at radius 2 is 1.14 bits per heavy atom. The number of carboxylic acid groups (broad SMARTS) is 4. The molecule has 2 aromatic carbocycles. The molecule has 0 saturated heterocycles. The zero-order valence-corrected chi connectivity index (χ0v) is 13.9. The predicted octanol–water partition coefficient (Wildman–Crippen LogP) is 3.05. The maximum absolute atomic E-state index is 12.3. The lowest BCUT2D eigenvalue weighted by molar-refractivity contribution is -0.274. The van der Waals surface area contributed by atoms with E-state index in [9.17, 15) is 52.8 Å². The quantitative estimate of drug-likeness (QED) is 0.557. The molecule has 0 unspecified atom stereocenters. The van der Waals surface area contributed by atoms with Gasteiger partial charge in [-0.2, -0.15) is 0 Å². The molecule has 0 atom stereocenters. The maximum atomic E-state index is 12.3. The van der Waals surface area contributed by atoms with Crippen molar-refractivity contribution in [2.24, 2.45) is 0 Å². The van der Waals surface area contributed by atoms with Gasteiger partial charge >= 0.3 is 30.2 Å². The number of alkyl halides is 3. The van der Waals surface area contributed by atoms with Crippen molar-refractivity contribution in [3.05, 3.63) is 52.6 Å². The van der Waals surface area contributed by atoms with E-state index in [1.807, 2.05) is 0 Å². The minimum Gasteiger partial charge on any atom is -0.478 e. The second-order valence-corrected chi connectivity index (χ2v) is 5.39. The highest BCUT2D eigenvalue weighted by Gasteiger charge is 2.33. The van der Waals surface area contributed by atoms with E-state index in [0.717, 1.165) is 24.3 Å². The Bertz CT molecular complexity index is 974. The fraction of sp³-hybridized carbons (Fsp3) is 0.0588. The molecule has 2 aromatic rings. The van der Waals surface area contributed by atoms with Crippen molar-refractivity contribution in [2.75, 3.05) is 0 Å². The number of carbonyl (C=O) groups is 4. The van der Waals surface area contributed by atoms with Gasteiger partial charge in [0, 0.05) is 5.56 Å². The van der Waals surface area contributed by atoms with Crippen LogP contribution in [-0.2, 0) is 0 Å². The number of ether oxygens (including phenoxy) is 1. The summed E-state index contributed by atoms with van der Waals surface area (Å²) < 4.78 is 40.5. The summed E-state index contributed by atoms with van der Waals surface area (Å²) in [7, 11) is 0. The summed E-state index contributed by atoms with van der Waals surface area (Å²) in [4.78, 5) is 46.2. The maximum Gasteiger partial charge on any atom is 0.573 e. The first-order valence-corrected chi connectivity index (χ1v) is 7.33. The van der Waals surface area contributed by atoms with E-state index in [1.165, 1.54) is 0 Å². The Morgan fingerprint density at radius 3 is 1.45 bits per heavy atom. The lowest BCUT2D eigenvalue weighted by Gasteiger charge is -2.16. The summed E-state index contributed by atoms with van der Waals surface area (Å²) in [5.41, 5.74) is -5.23. The van der Waals surface area contributed by atoms with Crippen LogP contribution < -0.4 is 4.74 Å². The average molecular weight is 414 g/mol. The number of halogens is 3. The van der Waals surface area contributed by atoms with E-state index in [1.54, 1.807) is 0 Å². The van der Waals surface area contributed by atoms with Gasteiger partial charge in [0.05, 0.1) is 22.3 Å². The summed E-state index contributed by atoms with van der Waals surface area (Å²) in [5, 5.41) is 37.3. The number of hydrogen-bond donors (Lipinski definition) is 4. The predicted molar refractivity (Wildman–Crippen MR) is 86.4 cm³/mol. The van der Waals surface area contributed by atoms with Crippen molar-refractivity contribution in [1.29, 1.82) is 0 Å². The summed E-state index contributed by atoms with van der Waals surface area (Å²) in [6.07, 6.45) is -5.03. The van der Waals surface area contributed by atoms with Gasteiger partial charge in [-0.15, -0.1) is 13.2 Å². The van der Waals surface area contributed by atoms with Crippen LogP contribution in [-0.4, -0.2) is 50.7 Å². The van der Waals surface area contributed by atoms with Crippen molar-refractivity contribution in [1.82, 2.24) is 0 Å². The fourth-order valence-electron chi connectivity index (χ4n) is 2.58. The Kier molecular flexibility index (Phi) is 5.48. The first-order valence-electron chi connectivity index (χ1n) is 7.33. The normalized spacial score (nSPS) is 11.0. The van der Waals surface area contributed by atoms with Gasteiger partial charge < -0.3 is 25.2 Å². The molecule has 152 valence electrons. The van der Waals surface area contributed by atoms with Crippen LogP contribution in [0.4, 0.5) is 13.2 Å². The van der Waals surface area contributed by atoms with Gasteiger partial charge in [-0.05, 0) is 23.8 Å². The molecule has 29 heavy (non-hydrogen) atoms. The summed E-state index contributed by atoms with van der Waals surface area (Å²) >= 11 is 0. The second-order valence-electron chi connectivity index (χ2n) is 5.39. The molecular weight excluding hydrogens is 405 g/mol. The third-order valence-electron chi connectivity index (χ3n) is 3.59. The van der Waals surface area contributed by atoms with Crippen molar-refractivity contribution >= 4 is 23.9 Å². The van der Waals surface area contributed by atoms with E-state index in [2.05, 4.69) is 4.74 Å². The monoisotopic (exact) mass is 414 g/mol. The molecule has 0 aromatic heterocycles. The molecule has 0 bridgehead atoms. The van der Waals surface area contributed by atoms with Crippen molar-refractivity contribution in [3.8, 4) is 16.9 Å². The molecule has 0 aliphatic carbocycles. The lowest BCUT2D eigenvalue weighted by atomic mass is 9.87. The summed E-state index contributed by atoms with van der Waals surface area (Å²) in [5.74, 6) is -8.18. The van der Waals surface area contributed by atoms with Crippen LogP contribution >= 0.6 is 0 Å². The molecule has 9 nitrogen and oxygen atoms in total. The summed E-state index contributed by atoms with van der Waals surface area (Å²) in [6.45, 7) is 0. The Morgan fingerprint density at radius 1 is 0.724 bits per heavy atom.